The van der Waals surface area contributed by atoms with Gasteiger partial charge in [0, 0.05) is 0 Å². The molecule has 0 aromatic heterocycles. The first-order chi connectivity index (χ1) is 6.35. The average Bonchev–Trinajstić information content (AvgIpc) is 2.10. The van der Waals surface area contributed by atoms with Crippen molar-refractivity contribution in [1.29, 1.82) is 5.26 Å². The van der Waals surface area contributed by atoms with Crippen LogP contribution in [0.2, 0.25) is 0 Å². The van der Waals surface area contributed by atoms with E-state index in [2.05, 4.69) is 62.3 Å². The number of benzene rings is 1. The molecule has 1 nitrogen and oxygen atoms in total. The Morgan fingerprint density at radius 1 is 1.77 bits per heavy atom. The number of fused-ring (bicyclic) bond motifs is 1. The van der Waals surface area contributed by atoms with E-state index < -0.39 is 0 Å². The van der Waals surface area contributed by atoms with E-state index in [1.807, 2.05) is 6.80 Å². The van der Waals surface area contributed by atoms with Crippen LogP contribution in [-0.2, 0) is 12.8 Å². The second kappa shape index (κ2) is 4.09. The summed E-state index contributed by atoms with van der Waals surface area (Å²) in [5.41, 5.74) is 3.69. The topological polar surface area (TPSA) is 23.8 Å². The Labute approximate surface area is 108 Å². The summed E-state index contributed by atoms with van der Waals surface area (Å²) in [7, 11) is 0. The van der Waals surface area contributed by atoms with Crippen molar-refractivity contribution in [2.75, 3.05) is 0 Å². The van der Waals surface area contributed by atoms with Crippen LogP contribution in [0.15, 0.2) is 12.1 Å². The van der Waals surface area contributed by atoms with Crippen molar-refractivity contribution in [2.24, 2.45) is 0 Å². The molecule has 0 saturated carbocycles. The van der Waals surface area contributed by atoms with Crippen molar-refractivity contribution in [3.05, 3.63) is 34.9 Å². The SMILES string of the molecule is N#CC1Cc2cc(C[CH]=[Yb])[c-]cc21. The first-order valence-electron chi connectivity index (χ1n) is 4.13. The number of nitrogens with zero attached hydrogens (tertiary/aromatic N) is 1. The zero-order valence-corrected chi connectivity index (χ0v) is 8.65. The van der Waals surface area contributed by atoms with Crippen molar-refractivity contribution in [3.8, 4) is 6.07 Å². The molecule has 1 aliphatic rings. The molecule has 13 heavy (non-hydrogen) atoms. The maximum absolute atomic E-state index is 8.73. The maximum atomic E-state index is 8.73. The zero-order chi connectivity index (χ0) is 9.26. The van der Waals surface area contributed by atoms with Crippen LogP contribution in [0.3, 0.4) is 0 Å². The van der Waals surface area contributed by atoms with Gasteiger partial charge in [-0.05, 0) is 0 Å². The number of hydrogen-bond acceptors (Lipinski definition) is 1. The Bertz CT molecular complexity index is 390. The van der Waals surface area contributed by atoms with E-state index in [-0.39, 0.29) is 5.92 Å². The molecular formula is C11H8NYb-. The van der Waals surface area contributed by atoms with Crippen molar-refractivity contribution >= 4 is 0.737 Å². The van der Waals surface area contributed by atoms with E-state index in [0.717, 1.165) is 12.8 Å². The molecule has 1 aromatic carbocycles. The second-order valence-corrected chi connectivity index (χ2v) is 3.84. The van der Waals surface area contributed by atoms with Gasteiger partial charge in [0.1, 0.15) is 0 Å². The van der Waals surface area contributed by atoms with Crippen LogP contribution in [0.1, 0.15) is 22.6 Å². The Morgan fingerprint density at radius 2 is 2.62 bits per heavy atom. The summed E-state index contributed by atoms with van der Waals surface area (Å²) in [6, 6.07) is 9.57. The Kier molecular flexibility index (Phi) is 3.03. The van der Waals surface area contributed by atoms with E-state index in [1.54, 1.807) is 0 Å². The quantitative estimate of drug-likeness (QED) is 0.756. The number of hydrogen-bond donors (Lipinski definition) is 0. The Morgan fingerprint density at radius 3 is 3.23 bits per heavy atom. The van der Waals surface area contributed by atoms with Crippen LogP contribution >= 0.6 is 0 Å². The van der Waals surface area contributed by atoms with E-state index in [4.69, 9.17) is 5.26 Å². The molecule has 0 fully saturated rings. The van der Waals surface area contributed by atoms with Crippen LogP contribution < -0.4 is 0 Å². The molecule has 0 N–H and O–H groups in total. The molecule has 0 heterocycles. The van der Waals surface area contributed by atoms with Crippen LogP contribution in [0.5, 0.6) is 0 Å². The van der Waals surface area contributed by atoms with Gasteiger partial charge in [0.25, 0.3) is 0 Å². The van der Waals surface area contributed by atoms with Crippen molar-refractivity contribution in [1.82, 2.24) is 0 Å². The predicted molar refractivity (Wildman–Crippen MR) is 47.1 cm³/mol. The summed E-state index contributed by atoms with van der Waals surface area (Å²) >= 11 is 2.96. The summed E-state index contributed by atoms with van der Waals surface area (Å²) in [5.74, 6) is 0.122. The minimum absolute atomic E-state index is 0.122. The predicted octanol–water partition coefficient (Wildman–Crippen LogP) is 1.54. The Balaban J connectivity index is 2.28. The van der Waals surface area contributed by atoms with E-state index >= 15 is 0 Å². The summed E-state index contributed by atoms with van der Waals surface area (Å²) in [6.07, 6.45) is 1.83. The summed E-state index contributed by atoms with van der Waals surface area (Å²) in [6.45, 7) is 0. The van der Waals surface area contributed by atoms with Gasteiger partial charge in [-0.2, -0.15) is 0 Å². The van der Waals surface area contributed by atoms with Gasteiger partial charge in [0.15, 0.2) is 0 Å². The fraction of sp³-hybridized carbons (Fsp3) is 0.273. The van der Waals surface area contributed by atoms with Crippen LogP contribution in [-0.4, -0.2) is 0.737 Å². The zero-order valence-electron chi connectivity index (χ0n) is 6.94. The Hall–Kier alpha value is 0.0995. The third kappa shape index (κ3) is 1.81. The van der Waals surface area contributed by atoms with Gasteiger partial charge >= 0.3 is 110 Å². The fourth-order valence-corrected chi connectivity index (χ4v) is 1.97. The van der Waals surface area contributed by atoms with Gasteiger partial charge in [0.2, 0.25) is 0 Å². The van der Waals surface area contributed by atoms with Gasteiger partial charge in [0.05, 0.1) is 0 Å². The van der Waals surface area contributed by atoms with E-state index in [1.165, 1.54) is 16.7 Å². The molecule has 2 heteroatoms. The molecule has 0 aliphatic heterocycles. The summed E-state index contributed by atoms with van der Waals surface area (Å²) in [4.78, 5) is 0. The number of rotatable bonds is 2. The molecule has 0 saturated heterocycles. The molecule has 0 spiro atoms. The third-order valence-electron chi connectivity index (χ3n) is 2.36. The molecule has 1 atom stereocenters. The van der Waals surface area contributed by atoms with Crippen LogP contribution in [0.25, 0.3) is 0 Å². The van der Waals surface area contributed by atoms with Crippen molar-refractivity contribution in [3.63, 3.8) is 0 Å². The second-order valence-electron chi connectivity index (χ2n) is 3.14. The van der Waals surface area contributed by atoms with Gasteiger partial charge < -0.3 is 0 Å². The molecule has 72 valence electrons. The van der Waals surface area contributed by atoms with Crippen LogP contribution in [0, 0.1) is 61.5 Å². The first kappa shape index (κ1) is 9.65. The summed E-state index contributed by atoms with van der Waals surface area (Å²) < 4.78 is 1.98. The van der Waals surface area contributed by atoms with Crippen LogP contribution in [0.4, 0.5) is 0 Å². The molecule has 1 aliphatic carbocycles. The molecule has 0 amide bonds. The number of nitriles is 1. The third-order valence-corrected chi connectivity index (χ3v) is 2.71. The molecule has 1 aromatic rings. The molecular weight excluding hydrogens is 319 g/mol. The molecule has 0 bridgehead atoms. The van der Waals surface area contributed by atoms with E-state index in [9.17, 15) is 0 Å². The molecule has 0 radical (unpaired) electrons. The van der Waals surface area contributed by atoms with Gasteiger partial charge in [-0.25, -0.2) is 0 Å². The monoisotopic (exact) mass is 328 g/mol. The fourth-order valence-electron chi connectivity index (χ4n) is 1.59. The molecule has 2 rings (SSSR count). The first-order valence-corrected chi connectivity index (χ1v) is 5.12. The van der Waals surface area contributed by atoms with Crippen molar-refractivity contribution in [2.45, 2.75) is 18.8 Å². The molecule has 1 unspecified atom stereocenters. The minimum atomic E-state index is 0.122. The summed E-state index contributed by atoms with van der Waals surface area (Å²) in [5, 5.41) is 8.73. The van der Waals surface area contributed by atoms with Crippen molar-refractivity contribution < 1.29 is 44.1 Å². The van der Waals surface area contributed by atoms with Gasteiger partial charge in [-0.1, -0.05) is 0 Å². The standard InChI is InChI=1S/C11H8N.Yb/c1-2-8-3-4-11-9(5-8)6-10(11)7-12;/h1,4-5,10H,2,6H2;/q-1;. The average molecular weight is 327 g/mol. The van der Waals surface area contributed by atoms with Gasteiger partial charge in [-0.3, -0.25) is 0 Å². The normalized spacial score (nSPS) is 18.4. The van der Waals surface area contributed by atoms with Gasteiger partial charge in [-0.15, -0.1) is 0 Å². The van der Waals surface area contributed by atoms with E-state index in [0.29, 0.717) is 0 Å².